The first kappa shape index (κ1) is 39.4. The van der Waals surface area contributed by atoms with Crippen molar-refractivity contribution in [2.75, 3.05) is 43.2 Å². The van der Waals surface area contributed by atoms with Crippen molar-refractivity contribution in [1.82, 2.24) is 0 Å². The van der Waals surface area contributed by atoms with E-state index in [2.05, 4.69) is 13.8 Å². The molecule has 2 heterocycles. The molecule has 0 radical (unpaired) electrons. The third-order valence-corrected chi connectivity index (χ3v) is 10.8. The fourth-order valence-electron chi connectivity index (χ4n) is 7.61. The van der Waals surface area contributed by atoms with Gasteiger partial charge in [-0.1, -0.05) is 76.9 Å². The van der Waals surface area contributed by atoms with Gasteiger partial charge in [-0.2, -0.15) is 0 Å². The summed E-state index contributed by atoms with van der Waals surface area (Å²) in [6.45, 7) is 10.9. The largest absolute Gasteiger partial charge is 0.496 e. The van der Waals surface area contributed by atoms with Crippen LogP contribution in [0.2, 0.25) is 0 Å². The van der Waals surface area contributed by atoms with Gasteiger partial charge in [0.1, 0.15) is 23.9 Å². The van der Waals surface area contributed by atoms with Crippen molar-refractivity contribution >= 4 is 17.3 Å². The summed E-state index contributed by atoms with van der Waals surface area (Å²) in [5.41, 5.74) is 1.13. The highest BCUT2D eigenvalue weighted by molar-refractivity contribution is 6.07. The minimum absolute atomic E-state index is 0.125. The molecule has 7 nitrogen and oxygen atoms in total. The van der Waals surface area contributed by atoms with Crippen molar-refractivity contribution in [3.8, 4) is 11.5 Å². The first-order chi connectivity index (χ1) is 25.2. The number of ether oxygens (including phenoxy) is 4. The second kappa shape index (κ2) is 18.3. The van der Waals surface area contributed by atoms with Crippen LogP contribution >= 0.6 is 0 Å². The van der Waals surface area contributed by atoms with Gasteiger partial charge in [0, 0.05) is 49.4 Å². The maximum absolute atomic E-state index is 16.4. The molecule has 2 saturated heterocycles. The maximum Gasteiger partial charge on any atom is 0.263 e. The topological polar surface area (TPSA) is 60.5 Å². The number of alkyl halides is 2. The third-order valence-electron chi connectivity index (χ3n) is 10.8. The number of methoxy groups -OCH3 is 1. The zero-order chi connectivity index (χ0) is 37.3. The van der Waals surface area contributed by atoms with Crippen LogP contribution in [-0.4, -0.2) is 45.6 Å². The van der Waals surface area contributed by atoms with E-state index in [1.165, 1.54) is 24.3 Å². The van der Waals surface area contributed by atoms with Crippen LogP contribution in [0.25, 0.3) is 0 Å². The Kier molecular flexibility index (Phi) is 13.9. The number of β-lactam (4-membered cyclic amide) rings is 1. The highest BCUT2D eigenvalue weighted by Crippen LogP contribution is 2.59. The molecule has 2 aliphatic rings. The van der Waals surface area contributed by atoms with Crippen molar-refractivity contribution in [2.24, 2.45) is 11.3 Å². The van der Waals surface area contributed by atoms with E-state index in [0.29, 0.717) is 61.8 Å². The van der Waals surface area contributed by atoms with Gasteiger partial charge in [0.2, 0.25) is 5.91 Å². The zero-order valence-corrected chi connectivity index (χ0v) is 31.3. The molecule has 0 spiro atoms. The number of carbonyl (C=O) groups is 1. The van der Waals surface area contributed by atoms with Gasteiger partial charge in [-0.05, 0) is 62.3 Å². The summed E-state index contributed by atoms with van der Waals surface area (Å²) in [5, 5.41) is 0. The Morgan fingerprint density at radius 3 is 2.08 bits per heavy atom. The monoisotopic (exact) mass is 724 g/mol. The van der Waals surface area contributed by atoms with Gasteiger partial charge in [0.15, 0.2) is 6.29 Å². The molecule has 2 aliphatic heterocycles. The molecule has 0 aliphatic carbocycles. The molecule has 0 N–H and O–H groups in total. The molecule has 0 bridgehead atoms. The van der Waals surface area contributed by atoms with Gasteiger partial charge in [0.05, 0.1) is 29.9 Å². The summed E-state index contributed by atoms with van der Waals surface area (Å²) in [7, 11) is 1.55. The quantitative estimate of drug-likeness (QED) is 0.0697. The van der Waals surface area contributed by atoms with Crippen LogP contribution in [0.3, 0.4) is 0 Å². The van der Waals surface area contributed by atoms with E-state index in [1.807, 2.05) is 49.1 Å². The van der Waals surface area contributed by atoms with E-state index < -0.39 is 23.7 Å². The molecule has 1 atom stereocenters. The summed E-state index contributed by atoms with van der Waals surface area (Å²) in [5.74, 6) is 0.274. The third kappa shape index (κ3) is 8.38. The number of hydrogen-bond acceptors (Lipinski definition) is 6. The average Bonchev–Trinajstić information content (AvgIpc) is 3.16. The normalized spacial score (nSPS) is 17.6. The van der Waals surface area contributed by atoms with Crippen LogP contribution in [0.4, 0.5) is 24.5 Å². The predicted octanol–water partition coefficient (Wildman–Crippen LogP) is 10.4. The number of amides is 1. The number of anilines is 2. The Morgan fingerprint density at radius 1 is 0.846 bits per heavy atom. The molecule has 2 fully saturated rings. The number of unbranched alkanes of at least 4 members (excludes halogenated alkanes) is 2. The number of rotatable bonds is 19. The number of nitrogens with zero attached hydrogens (tertiary/aromatic N) is 2. The Bertz CT molecular complexity index is 1580. The Labute approximate surface area is 307 Å². The van der Waals surface area contributed by atoms with Crippen molar-refractivity contribution in [3.05, 3.63) is 83.2 Å². The lowest BCUT2D eigenvalue weighted by atomic mass is 9.64. The fraction of sp³-hybridized carbons (Fsp3) is 0.548. The number of carbonyl (C=O) groups excluding carboxylic acids is 1. The Balaban J connectivity index is 1.44. The summed E-state index contributed by atoms with van der Waals surface area (Å²) in [6, 6.07) is 16.1. The van der Waals surface area contributed by atoms with Gasteiger partial charge >= 0.3 is 0 Å². The van der Waals surface area contributed by atoms with Crippen LogP contribution in [0.1, 0.15) is 108 Å². The second-order valence-corrected chi connectivity index (χ2v) is 13.9. The summed E-state index contributed by atoms with van der Waals surface area (Å²) < 4.78 is 68.6. The van der Waals surface area contributed by atoms with Crippen LogP contribution in [0.5, 0.6) is 11.5 Å². The van der Waals surface area contributed by atoms with Crippen molar-refractivity contribution < 1.29 is 36.9 Å². The lowest BCUT2D eigenvalue weighted by Crippen LogP contribution is -2.63. The zero-order valence-electron chi connectivity index (χ0n) is 31.3. The fourth-order valence-corrected chi connectivity index (χ4v) is 7.61. The van der Waals surface area contributed by atoms with Gasteiger partial charge < -0.3 is 23.8 Å². The minimum Gasteiger partial charge on any atom is -0.496 e. The standard InChI is InChI=1S/C42H55F3N2O5/c1-6-10-23-50-40(51-24-11-7-2)30-19-21-46(22-20-30)35-27-36(49-5)32(26-33(35)43)38-42(8-3,9-4)41(48)47(38)34-18-17-31(39(44)45)25-37(34)52-28-29-15-13-12-14-16-29/h12-18,25-27,30,38-40H,6-11,19-24,28H2,1-5H3/t38-/m0/s1. The minimum atomic E-state index is -2.72. The number of benzene rings is 3. The Morgan fingerprint density at radius 2 is 1.50 bits per heavy atom. The smallest absolute Gasteiger partial charge is 0.263 e. The molecule has 0 unspecified atom stereocenters. The van der Waals surface area contributed by atoms with E-state index in [1.54, 1.807) is 18.1 Å². The van der Waals surface area contributed by atoms with Crippen molar-refractivity contribution in [2.45, 2.75) is 104 Å². The molecule has 10 heteroatoms. The first-order valence-electron chi connectivity index (χ1n) is 19.0. The molecule has 0 saturated carbocycles. The highest BCUT2D eigenvalue weighted by atomic mass is 19.3. The van der Waals surface area contributed by atoms with Gasteiger partial charge in [0.25, 0.3) is 6.43 Å². The maximum atomic E-state index is 16.4. The van der Waals surface area contributed by atoms with E-state index in [0.717, 1.165) is 44.1 Å². The second-order valence-electron chi connectivity index (χ2n) is 13.9. The van der Waals surface area contributed by atoms with E-state index >= 15 is 4.39 Å². The average molecular weight is 725 g/mol. The van der Waals surface area contributed by atoms with E-state index in [-0.39, 0.29) is 36.0 Å². The summed E-state index contributed by atoms with van der Waals surface area (Å²) in [4.78, 5) is 17.8. The molecular weight excluding hydrogens is 669 g/mol. The number of halogens is 3. The lowest BCUT2D eigenvalue weighted by Gasteiger charge is -2.56. The van der Waals surface area contributed by atoms with Crippen LogP contribution in [-0.2, 0) is 20.9 Å². The highest BCUT2D eigenvalue weighted by Gasteiger charge is 2.60. The molecular formula is C42H55F3N2O5. The van der Waals surface area contributed by atoms with Crippen molar-refractivity contribution in [1.29, 1.82) is 0 Å². The lowest BCUT2D eigenvalue weighted by molar-refractivity contribution is -0.177. The Hall–Kier alpha value is -3.76. The molecule has 3 aromatic carbocycles. The van der Waals surface area contributed by atoms with Gasteiger partial charge in [-0.15, -0.1) is 0 Å². The summed E-state index contributed by atoms with van der Waals surface area (Å²) >= 11 is 0. The SMILES string of the molecule is CCCCOC(OCCCC)C1CCN(c2cc(OC)c([C@@H]3N(c4ccc(C(F)F)cc4OCc4ccccc4)C(=O)C3(CC)CC)cc2F)CC1. The van der Waals surface area contributed by atoms with Crippen LogP contribution in [0.15, 0.2) is 60.7 Å². The molecule has 52 heavy (non-hydrogen) atoms. The molecule has 284 valence electrons. The van der Waals surface area contributed by atoms with Crippen LogP contribution < -0.4 is 19.3 Å². The molecule has 0 aromatic heterocycles. The molecule has 5 rings (SSSR count). The number of hydrogen-bond donors (Lipinski definition) is 0. The van der Waals surface area contributed by atoms with Gasteiger partial charge in [-0.25, -0.2) is 13.2 Å². The summed E-state index contributed by atoms with van der Waals surface area (Å²) in [6.07, 6.45) is 3.67. The van der Waals surface area contributed by atoms with E-state index in [4.69, 9.17) is 18.9 Å². The molecule has 1 amide bonds. The molecule has 3 aromatic rings. The van der Waals surface area contributed by atoms with E-state index in [9.17, 15) is 13.6 Å². The predicted molar refractivity (Wildman–Crippen MR) is 199 cm³/mol. The van der Waals surface area contributed by atoms with Crippen LogP contribution in [0, 0.1) is 17.2 Å². The van der Waals surface area contributed by atoms with Gasteiger partial charge in [-0.3, -0.25) is 9.69 Å². The first-order valence-corrected chi connectivity index (χ1v) is 19.0. The number of piperidine rings is 1. The van der Waals surface area contributed by atoms with Crippen molar-refractivity contribution in [3.63, 3.8) is 0 Å².